The first-order valence-corrected chi connectivity index (χ1v) is 6.48. The van der Waals surface area contributed by atoms with Gasteiger partial charge >= 0.3 is 0 Å². The molecule has 0 radical (unpaired) electrons. The molecule has 0 amide bonds. The van der Waals surface area contributed by atoms with Gasteiger partial charge in [0.2, 0.25) is 5.88 Å². The Kier molecular flexibility index (Phi) is 3.35. The zero-order valence-corrected chi connectivity index (χ0v) is 11.5. The molecule has 3 rings (SSSR count). The standard InChI is InChI=1S/C15H16N4O/c1-11-7-14-17-10-18-19(14)15(8-11)20-13-5-3-12(4-6-13)9-16-2/h3-8,10,16H,9H2,1-2H3. The number of aryl methyl sites for hydroxylation is 1. The van der Waals surface area contributed by atoms with Gasteiger partial charge in [0.15, 0.2) is 5.65 Å². The van der Waals surface area contributed by atoms with Crippen LogP contribution >= 0.6 is 0 Å². The monoisotopic (exact) mass is 268 g/mol. The Labute approximate surface area is 117 Å². The molecule has 5 nitrogen and oxygen atoms in total. The summed E-state index contributed by atoms with van der Waals surface area (Å²) in [5.74, 6) is 1.45. The lowest BCUT2D eigenvalue weighted by Gasteiger charge is -2.09. The molecule has 2 aromatic heterocycles. The van der Waals surface area contributed by atoms with Crippen LogP contribution in [0.25, 0.3) is 5.65 Å². The highest BCUT2D eigenvalue weighted by atomic mass is 16.5. The van der Waals surface area contributed by atoms with Crippen molar-refractivity contribution in [2.75, 3.05) is 7.05 Å². The molecule has 102 valence electrons. The molecule has 2 heterocycles. The van der Waals surface area contributed by atoms with Gasteiger partial charge in [0.1, 0.15) is 12.1 Å². The van der Waals surface area contributed by atoms with E-state index < -0.39 is 0 Å². The number of nitrogens with zero attached hydrogens (tertiary/aromatic N) is 3. The molecule has 1 aromatic carbocycles. The van der Waals surface area contributed by atoms with E-state index in [0.717, 1.165) is 23.5 Å². The van der Waals surface area contributed by atoms with Crippen LogP contribution in [0.5, 0.6) is 11.6 Å². The second kappa shape index (κ2) is 5.30. The third kappa shape index (κ3) is 2.48. The maximum Gasteiger partial charge on any atom is 0.222 e. The fourth-order valence-electron chi connectivity index (χ4n) is 2.09. The van der Waals surface area contributed by atoms with Crippen molar-refractivity contribution < 1.29 is 4.74 Å². The average molecular weight is 268 g/mol. The largest absolute Gasteiger partial charge is 0.439 e. The number of ether oxygens (including phenoxy) is 1. The Morgan fingerprint density at radius 2 is 2.00 bits per heavy atom. The molecule has 0 aliphatic carbocycles. The summed E-state index contributed by atoms with van der Waals surface area (Å²) in [6.07, 6.45) is 1.53. The molecule has 0 atom stereocenters. The molecule has 0 bridgehead atoms. The van der Waals surface area contributed by atoms with Gasteiger partial charge in [0.25, 0.3) is 0 Å². The third-order valence-corrected chi connectivity index (χ3v) is 3.02. The maximum absolute atomic E-state index is 5.90. The molecular weight excluding hydrogens is 252 g/mol. The molecule has 0 saturated heterocycles. The Hall–Kier alpha value is -2.40. The van der Waals surface area contributed by atoms with E-state index in [1.165, 1.54) is 11.9 Å². The summed E-state index contributed by atoms with van der Waals surface area (Å²) in [6.45, 7) is 2.86. The van der Waals surface area contributed by atoms with E-state index >= 15 is 0 Å². The molecule has 0 spiro atoms. The number of aromatic nitrogens is 3. The van der Waals surface area contributed by atoms with Gasteiger partial charge in [0, 0.05) is 12.6 Å². The second-order valence-corrected chi connectivity index (χ2v) is 4.68. The van der Waals surface area contributed by atoms with Gasteiger partial charge in [-0.15, -0.1) is 0 Å². The molecule has 0 aliphatic heterocycles. The summed E-state index contributed by atoms with van der Waals surface area (Å²) >= 11 is 0. The van der Waals surface area contributed by atoms with Crippen molar-refractivity contribution in [3.05, 3.63) is 53.9 Å². The van der Waals surface area contributed by atoms with E-state index in [1.807, 2.05) is 50.4 Å². The van der Waals surface area contributed by atoms with Crippen LogP contribution in [0.15, 0.2) is 42.7 Å². The van der Waals surface area contributed by atoms with Gasteiger partial charge in [-0.25, -0.2) is 4.98 Å². The number of nitrogens with one attached hydrogen (secondary N) is 1. The smallest absolute Gasteiger partial charge is 0.222 e. The van der Waals surface area contributed by atoms with Gasteiger partial charge < -0.3 is 10.1 Å². The van der Waals surface area contributed by atoms with Gasteiger partial charge in [-0.05, 0) is 43.3 Å². The number of rotatable bonds is 4. The molecule has 0 fully saturated rings. The summed E-state index contributed by atoms with van der Waals surface area (Å²) < 4.78 is 7.59. The van der Waals surface area contributed by atoms with Crippen LogP contribution in [0, 0.1) is 6.92 Å². The normalized spacial score (nSPS) is 10.9. The lowest BCUT2D eigenvalue weighted by atomic mass is 10.2. The first-order valence-electron chi connectivity index (χ1n) is 6.48. The lowest BCUT2D eigenvalue weighted by Crippen LogP contribution is -2.04. The Balaban J connectivity index is 1.90. The highest BCUT2D eigenvalue weighted by Crippen LogP contribution is 2.23. The zero-order valence-electron chi connectivity index (χ0n) is 11.5. The van der Waals surface area contributed by atoms with Crippen molar-refractivity contribution in [2.45, 2.75) is 13.5 Å². The predicted molar refractivity (Wildman–Crippen MR) is 77.0 cm³/mol. The SMILES string of the molecule is CNCc1ccc(Oc2cc(C)cc3ncnn23)cc1. The van der Waals surface area contributed by atoms with Crippen LogP contribution in [0.2, 0.25) is 0 Å². The fraction of sp³-hybridized carbons (Fsp3) is 0.200. The highest BCUT2D eigenvalue weighted by Gasteiger charge is 2.06. The summed E-state index contributed by atoms with van der Waals surface area (Å²) in [5, 5.41) is 7.29. The molecule has 5 heteroatoms. The van der Waals surface area contributed by atoms with E-state index in [2.05, 4.69) is 15.4 Å². The quantitative estimate of drug-likeness (QED) is 0.790. The molecule has 0 aliphatic rings. The van der Waals surface area contributed by atoms with E-state index in [-0.39, 0.29) is 0 Å². The zero-order chi connectivity index (χ0) is 13.9. The number of hydrogen-bond acceptors (Lipinski definition) is 4. The minimum atomic E-state index is 0.666. The van der Waals surface area contributed by atoms with Gasteiger partial charge in [0.05, 0.1) is 0 Å². The first kappa shape index (κ1) is 12.6. The van der Waals surface area contributed by atoms with Crippen LogP contribution in [0.4, 0.5) is 0 Å². The van der Waals surface area contributed by atoms with Crippen LogP contribution in [0.3, 0.4) is 0 Å². The molecule has 3 aromatic rings. The molecule has 0 saturated carbocycles. The second-order valence-electron chi connectivity index (χ2n) is 4.68. The van der Waals surface area contributed by atoms with E-state index in [1.54, 1.807) is 4.52 Å². The molecular formula is C15H16N4O. The van der Waals surface area contributed by atoms with E-state index in [9.17, 15) is 0 Å². The van der Waals surface area contributed by atoms with Gasteiger partial charge in [-0.3, -0.25) is 0 Å². The van der Waals surface area contributed by atoms with Gasteiger partial charge in [-0.1, -0.05) is 12.1 Å². The Morgan fingerprint density at radius 3 is 2.75 bits per heavy atom. The Morgan fingerprint density at radius 1 is 1.20 bits per heavy atom. The van der Waals surface area contributed by atoms with Crippen LogP contribution < -0.4 is 10.1 Å². The lowest BCUT2D eigenvalue weighted by molar-refractivity contribution is 0.447. The van der Waals surface area contributed by atoms with Crippen LogP contribution in [-0.2, 0) is 6.54 Å². The third-order valence-electron chi connectivity index (χ3n) is 3.02. The number of fused-ring (bicyclic) bond motifs is 1. The molecule has 0 unspecified atom stereocenters. The molecule has 20 heavy (non-hydrogen) atoms. The highest BCUT2D eigenvalue weighted by molar-refractivity contribution is 5.44. The number of benzene rings is 1. The Bertz CT molecular complexity index is 718. The van der Waals surface area contributed by atoms with Gasteiger partial charge in [-0.2, -0.15) is 9.61 Å². The fourth-order valence-corrected chi connectivity index (χ4v) is 2.09. The minimum absolute atomic E-state index is 0.666. The van der Waals surface area contributed by atoms with Crippen molar-refractivity contribution in [1.29, 1.82) is 0 Å². The van der Waals surface area contributed by atoms with Crippen molar-refractivity contribution in [2.24, 2.45) is 0 Å². The summed E-state index contributed by atoms with van der Waals surface area (Å²) in [7, 11) is 1.93. The topological polar surface area (TPSA) is 51.5 Å². The van der Waals surface area contributed by atoms with Crippen molar-refractivity contribution in [3.63, 3.8) is 0 Å². The van der Waals surface area contributed by atoms with E-state index in [4.69, 9.17) is 4.74 Å². The molecule has 1 N–H and O–H groups in total. The minimum Gasteiger partial charge on any atom is -0.439 e. The summed E-state index contributed by atoms with van der Waals surface area (Å²) in [5.41, 5.74) is 3.09. The average Bonchev–Trinajstić information content (AvgIpc) is 2.89. The summed E-state index contributed by atoms with van der Waals surface area (Å²) in [6, 6.07) is 11.9. The van der Waals surface area contributed by atoms with Crippen LogP contribution in [-0.4, -0.2) is 21.6 Å². The number of pyridine rings is 1. The number of hydrogen-bond donors (Lipinski definition) is 1. The van der Waals surface area contributed by atoms with Crippen molar-refractivity contribution in [3.8, 4) is 11.6 Å². The van der Waals surface area contributed by atoms with Crippen molar-refractivity contribution in [1.82, 2.24) is 19.9 Å². The predicted octanol–water partition coefficient (Wildman–Crippen LogP) is 2.55. The van der Waals surface area contributed by atoms with Crippen molar-refractivity contribution >= 4 is 5.65 Å². The summed E-state index contributed by atoms with van der Waals surface area (Å²) in [4.78, 5) is 4.18. The van der Waals surface area contributed by atoms with Crippen LogP contribution in [0.1, 0.15) is 11.1 Å². The van der Waals surface area contributed by atoms with E-state index in [0.29, 0.717) is 5.88 Å². The maximum atomic E-state index is 5.90. The first-order chi connectivity index (χ1) is 9.76.